The fraction of sp³-hybridized carbons (Fsp3) is 0.450. The lowest BCUT2D eigenvalue weighted by Gasteiger charge is -2.42. The van der Waals surface area contributed by atoms with Gasteiger partial charge >= 0.3 is 5.97 Å². The number of carbonyl (C=O) groups is 1. The number of anilines is 1. The number of piperidine rings is 1. The fourth-order valence-electron chi connectivity index (χ4n) is 6.18. The van der Waals surface area contributed by atoms with Crippen molar-refractivity contribution in [2.75, 3.05) is 31.2 Å². The first-order chi connectivity index (χ1) is 22.8. The van der Waals surface area contributed by atoms with Gasteiger partial charge in [0, 0.05) is 47.0 Å². The van der Waals surface area contributed by atoms with Crippen molar-refractivity contribution in [3.8, 4) is 16.9 Å². The number of benzene rings is 2. The highest BCUT2D eigenvalue weighted by molar-refractivity contribution is 6.30. The minimum Gasteiger partial charge on any atom is -0.485 e. The minimum atomic E-state index is -0.959. The van der Waals surface area contributed by atoms with Gasteiger partial charge in [-0.05, 0) is 96.7 Å². The topological polar surface area (TPSA) is 70.1 Å². The Labute approximate surface area is 291 Å². The molecule has 1 aliphatic heterocycles. The summed E-state index contributed by atoms with van der Waals surface area (Å²) in [5.74, 6) is 0.303. The van der Waals surface area contributed by atoms with Gasteiger partial charge in [0.1, 0.15) is 11.9 Å². The van der Waals surface area contributed by atoms with E-state index in [-0.39, 0.29) is 18.3 Å². The summed E-state index contributed by atoms with van der Waals surface area (Å²) in [5, 5.41) is 0.679. The number of aromatic nitrogens is 1. The minimum absolute atomic E-state index is 0.207. The predicted molar refractivity (Wildman–Crippen MR) is 195 cm³/mol. The van der Waals surface area contributed by atoms with Gasteiger partial charge in [-0.15, -0.1) is 13.2 Å². The number of carbonyl (C=O) groups excluding carboxylic acids is 1. The van der Waals surface area contributed by atoms with Crippen LogP contribution in [0.2, 0.25) is 5.02 Å². The Bertz CT molecular complexity index is 1550. The van der Waals surface area contributed by atoms with E-state index in [2.05, 4.69) is 37.1 Å². The lowest BCUT2D eigenvalue weighted by atomic mass is 9.89. The van der Waals surface area contributed by atoms with Crippen LogP contribution in [0.25, 0.3) is 11.1 Å². The van der Waals surface area contributed by atoms with Crippen LogP contribution in [0.15, 0.2) is 73.8 Å². The van der Waals surface area contributed by atoms with Crippen molar-refractivity contribution in [2.45, 2.75) is 91.1 Å². The molecule has 8 heteroatoms. The average Bonchev–Trinajstić information content (AvgIpc) is 3.03. The summed E-state index contributed by atoms with van der Waals surface area (Å²) in [6, 6.07) is 15.8. The first-order valence-corrected chi connectivity index (χ1v) is 17.2. The van der Waals surface area contributed by atoms with Crippen molar-refractivity contribution < 1.29 is 23.7 Å². The second kappa shape index (κ2) is 16.2. The number of esters is 1. The number of halogens is 1. The molecule has 0 saturated carbocycles. The summed E-state index contributed by atoms with van der Waals surface area (Å²) in [4.78, 5) is 21.0. The normalized spacial score (nSPS) is 15.8. The molecule has 2 atom stereocenters. The molecule has 0 N–H and O–H groups in total. The maximum atomic E-state index is 13.6. The summed E-state index contributed by atoms with van der Waals surface area (Å²) < 4.78 is 24.7. The van der Waals surface area contributed by atoms with Gasteiger partial charge < -0.3 is 23.8 Å². The van der Waals surface area contributed by atoms with E-state index < -0.39 is 17.7 Å². The Balaban J connectivity index is 1.82. The standard InChI is InChI=1S/C40H51ClN2O5/c1-10-13-33(29-14-18-31(41)19-15-29)47-32-20-16-30(17-21-32)34-27(4)42-28(5)35(37(38(44)45-12-3)48-39(6,7)8)36(34)43-24-22-40(9,23-25-43)46-26-11-2/h10-11,14-21,33,37H,1-2,12-13,22-26H2,3-9H3. The Morgan fingerprint density at radius 2 is 1.67 bits per heavy atom. The third-order valence-corrected chi connectivity index (χ3v) is 8.80. The second-order valence-corrected chi connectivity index (χ2v) is 14.0. The predicted octanol–water partition coefficient (Wildman–Crippen LogP) is 9.70. The monoisotopic (exact) mass is 674 g/mol. The molecule has 0 radical (unpaired) electrons. The summed E-state index contributed by atoms with van der Waals surface area (Å²) >= 11 is 6.14. The zero-order chi connectivity index (χ0) is 35.1. The number of nitrogens with zero attached hydrogens (tertiary/aromatic N) is 2. The summed E-state index contributed by atoms with van der Waals surface area (Å²) in [5.41, 5.74) is 5.31. The molecular weight excluding hydrogens is 624 g/mol. The third kappa shape index (κ3) is 9.28. The zero-order valence-corrected chi connectivity index (χ0v) is 30.4. The van der Waals surface area contributed by atoms with Crippen LogP contribution in [-0.2, 0) is 19.0 Å². The number of rotatable bonds is 14. The molecule has 0 spiro atoms. The Hall–Kier alpha value is -3.65. The van der Waals surface area contributed by atoms with Crippen LogP contribution in [0.5, 0.6) is 5.75 Å². The van der Waals surface area contributed by atoms with Crippen LogP contribution in [0.4, 0.5) is 5.69 Å². The smallest absolute Gasteiger partial charge is 0.340 e. The van der Waals surface area contributed by atoms with E-state index >= 15 is 0 Å². The van der Waals surface area contributed by atoms with E-state index in [1.54, 1.807) is 6.08 Å². The van der Waals surface area contributed by atoms with Gasteiger partial charge in [-0.1, -0.05) is 48.0 Å². The van der Waals surface area contributed by atoms with Crippen LogP contribution in [-0.4, -0.2) is 48.5 Å². The van der Waals surface area contributed by atoms with Crippen LogP contribution in [0.1, 0.15) is 88.6 Å². The maximum Gasteiger partial charge on any atom is 0.340 e. The highest BCUT2D eigenvalue weighted by Gasteiger charge is 2.38. The van der Waals surface area contributed by atoms with Crippen molar-refractivity contribution in [3.63, 3.8) is 0 Å². The van der Waals surface area contributed by atoms with Crippen molar-refractivity contribution in [3.05, 3.63) is 101 Å². The highest BCUT2D eigenvalue weighted by Crippen LogP contribution is 2.45. The highest BCUT2D eigenvalue weighted by atomic mass is 35.5. The van der Waals surface area contributed by atoms with E-state index in [1.807, 2.05) is 84.0 Å². The first kappa shape index (κ1) is 37.2. The fourth-order valence-corrected chi connectivity index (χ4v) is 6.31. The maximum absolute atomic E-state index is 13.6. The van der Waals surface area contributed by atoms with E-state index in [9.17, 15) is 4.79 Å². The lowest BCUT2D eigenvalue weighted by Crippen LogP contribution is -2.45. The SMILES string of the molecule is C=CCOC1(C)CCN(c2c(-c3ccc(OC(CC=C)c4ccc(Cl)cc4)cc3)c(C)nc(C)c2C(OC(C)(C)C)C(=O)OCC)CC1. The van der Waals surface area contributed by atoms with Gasteiger partial charge in [-0.2, -0.15) is 0 Å². The molecule has 1 aliphatic rings. The largest absolute Gasteiger partial charge is 0.485 e. The van der Waals surface area contributed by atoms with E-state index in [4.69, 9.17) is 35.5 Å². The van der Waals surface area contributed by atoms with Crippen LogP contribution in [0.3, 0.4) is 0 Å². The molecule has 1 aromatic heterocycles. The first-order valence-electron chi connectivity index (χ1n) is 16.8. The van der Waals surface area contributed by atoms with Gasteiger partial charge in [0.2, 0.25) is 0 Å². The average molecular weight is 675 g/mol. The van der Waals surface area contributed by atoms with Crippen LogP contribution >= 0.6 is 11.6 Å². The third-order valence-electron chi connectivity index (χ3n) is 8.54. The summed E-state index contributed by atoms with van der Waals surface area (Å²) in [6.07, 6.45) is 4.75. The van der Waals surface area contributed by atoms with Crippen molar-refractivity contribution in [2.24, 2.45) is 0 Å². The molecule has 258 valence electrons. The number of pyridine rings is 1. The molecule has 2 heterocycles. The Kier molecular flexibility index (Phi) is 12.5. The van der Waals surface area contributed by atoms with Crippen LogP contribution < -0.4 is 9.64 Å². The van der Waals surface area contributed by atoms with Gasteiger partial charge in [0.25, 0.3) is 0 Å². The Morgan fingerprint density at radius 1 is 1.02 bits per heavy atom. The molecule has 2 unspecified atom stereocenters. The second-order valence-electron chi connectivity index (χ2n) is 13.5. The molecule has 7 nitrogen and oxygen atoms in total. The van der Waals surface area contributed by atoms with Crippen molar-refractivity contribution in [1.29, 1.82) is 0 Å². The molecular formula is C40H51ClN2O5. The molecule has 2 aromatic carbocycles. The molecule has 1 saturated heterocycles. The van der Waals surface area contributed by atoms with E-state index in [0.29, 0.717) is 18.1 Å². The van der Waals surface area contributed by atoms with Crippen molar-refractivity contribution in [1.82, 2.24) is 4.98 Å². The Morgan fingerprint density at radius 3 is 2.23 bits per heavy atom. The number of aryl methyl sites for hydroxylation is 2. The lowest BCUT2D eigenvalue weighted by molar-refractivity contribution is -0.166. The van der Waals surface area contributed by atoms with Crippen LogP contribution in [0, 0.1) is 13.8 Å². The quantitative estimate of drug-likeness (QED) is 0.125. The molecule has 4 rings (SSSR count). The van der Waals surface area contributed by atoms with Gasteiger partial charge in [0.05, 0.1) is 30.1 Å². The van der Waals surface area contributed by atoms with E-state index in [0.717, 1.165) is 71.0 Å². The molecule has 1 fully saturated rings. The number of hydrogen-bond donors (Lipinski definition) is 0. The van der Waals surface area contributed by atoms with Gasteiger partial charge in [-0.25, -0.2) is 4.79 Å². The van der Waals surface area contributed by atoms with Gasteiger partial charge in [-0.3, -0.25) is 4.98 Å². The molecule has 0 bridgehead atoms. The summed E-state index contributed by atoms with van der Waals surface area (Å²) in [6.45, 7) is 23.7. The molecule has 48 heavy (non-hydrogen) atoms. The summed E-state index contributed by atoms with van der Waals surface area (Å²) in [7, 11) is 0. The zero-order valence-electron chi connectivity index (χ0n) is 29.6. The molecule has 0 aliphatic carbocycles. The van der Waals surface area contributed by atoms with Gasteiger partial charge in [0.15, 0.2) is 6.10 Å². The molecule has 3 aromatic rings. The van der Waals surface area contributed by atoms with E-state index in [1.165, 1.54) is 0 Å². The van der Waals surface area contributed by atoms with Crippen molar-refractivity contribution >= 4 is 23.3 Å². The number of ether oxygens (including phenoxy) is 4. The molecule has 0 amide bonds. The number of hydrogen-bond acceptors (Lipinski definition) is 7.